The number of allylic oxidation sites excluding steroid dienone is 2. The maximum atomic E-state index is 12.6. The van der Waals surface area contributed by atoms with Gasteiger partial charge in [0.2, 0.25) is 5.91 Å². The van der Waals surface area contributed by atoms with E-state index in [9.17, 15) is 9.59 Å². The Bertz CT molecular complexity index is 867. The normalized spacial score (nSPS) is 23.6. The van der Waals surface area contributed by atoms with E-state index in [1.54, 1.807) is 24.1 Å². The number of nitrogens with one attached hydrogen (secondary N) is 1. The molecule has 4 rings (SSSR count). The maximum absolute atomic E-state index is 12.6. The molecule has 146 valence electrons. The molecule has 0 saturated carbocycles. The summed E-state index contributed by atoms with van der Waals surface area (Å²) in [5.41, 5.74) is 1.32. The van der Waals surface area contributed by atoms with Gasteiger partial charge in [0.05, 0.1) is 6.42 Å². The van der Waals surface area contributed by atoms with E-state index < -0.39 is 5.54 Å². The molecule has 0 aromatic heterocycles. The first-order valence-corrected chi connectivity index (χ1v) is 9.94. The summed E-state index contributed by atoms with van der Waals surface area (Å²) < 4.78 is 0. The topological polar surface area (TPSA) is 65.0 Å². The molecule has 3 aliphatic heterocycles. The van der Waals surface area contributed by atoms with Gasteiger partial charge < -0.3 is 15.1 Å². The fourth-order valence-corrected chi connectivity index (χ4v) is 4.02. The van der Waals surface area contributed by atoms with Crippen molar-refractivity contribution in [2.75, 3.05) is 18.0 Å². The molecule has 1 unspecified atom stereocenters. The van der Waals surface area contributed by atoms with Crippen molar-refractivity contribution in [1.29, 1.82) is 0 Å². The van der Waals surface area contributed by atoms with E-state index in [1.165, 1.54) is 24.9 Å². The first-order chi connectivity index (χ1) is 13.6. The van der Waals surface area contributed by atoms with Crippen LogP contribution in [0.1, 0.15) is 38.2 Å². The van der Waals surface area contributed by atoms with E-state index in [4.69, 9.17) is 0 Å². The van der Waals surface area contributed by atoms with Gasteiger partial charge in [-0.15, -0.1) is 0 Å². The minimum Gasteiger partial charge on any atom is -0.372 e. The molecule has 6 heteroatoms. The SMILES string of the molecule is CC1(CC(=O)NCc2cccc(N3CCCCC3)c2)C(=O)N=C2C=CC=CN21. The Hall–Kier alpha value is -2.89. The number of carbonyl (C=O) groups excluding carboxylic acids is 2. The van der Waals surface area contributed by atoms with Gasteiger partial charge in [0.1, 0.15) is 11.4 Å². The van der Waals surface area contributed by atoms with Crippen molar-refractivity contribution in [2.24, 2.45) is 4.99 Å². The minimum atomic E-state index is -0.962. The number of hydrogen-bond donors (Lipinski definition) is 1. The summed E-state index contributed by atoms with van der Waals surface area (Å²) in [4.78, 5) is 33.3. The molecule has 0 spiro atoms. The van der Waals surface area contributed by atoms with Crippen LogP contribution in [0.4, 0.5) is 5.69 Å². The number of amides is 2. The predicted octanol–water partition coefficient (Wildman–Crippen LogP) is 2.77. The molecule has 3 aliphatic rings. The highest BCUT2D eigenvalue weighted by atomic mass is 16.2. The number of amidine groups is 1. The quantitative estimate of drug-likeness (QED) is 0.856. The molecular weight excluding hydrogens is 352 g/mol. The van der Waals surface area contributed by atoms with Gasteiger partial charge in [-0.3, -0.25) is 9.59 Å². The zero-order valence-corrected chi connectivity index (χ0v) is 16.2. The lowest BCUT2D eigenvalue weighted by Gasteiger charge is -2.32. The summed E-state index contributed by atoms with van der Waals surface area (Å²) in [6, 6.07) is 8.34. The van der Waals surface area contributed by atoms with Gasteiger partial charge in [0.15, 0.2) is 0 Å². The number of aliphatic imine (C=N–C) groups is 1. The third kappa shape index (κ3) is 3.59. The number of hydrogen-bond acceptors (Lipinski definition) is 4. The lowest BCUT2D eigenvalue weighted by atomic mass is 9.95. The Labute approximate surface area is 165 Å². The van der Waals surface area contributed by atoms with Crippen LogP contribution in [0.25, 0.3) is 0 Å². The molecule has 2 amide bonds. The van der Waals surface area contributed by atoms with Crippen LogP contribution in [0.5, 0.6) is 0 Å². The molecule has 6 nitrogen and oxygen atoms in total. The summed E-state index contributed by atoms with van der Waals surface area (Å²) in [6.07, 6.45) is 11.1. The highest BCUT2D eigenvalue weighted by molar-refractivity contribution is 6.13. The van der Waals surface area contributed by atoms with Gasteiger partial charge in [0.25, 0.3) is 5.91 Å². The fraction of sp³-hybridized carbons (Fsp3) is 0.409. The Kier molecular flexibility index (Phi) is 5.03. The van der Waals surface area contributed by atoms with Gasteiger partial charge in [0, 0.05) is 31.5 Å². The number of nitrogens with zero attached hydrogens (tertiary/aromatic N) is 3. The Morgan fingerprint density at radius 1 is 1.21 bits per heavy atom. The van der Waals surface area contributed by atoms with Gasteiger partial charge >= 0.3 is 0 Å². The van der Waals surface area contributed by atoms with Gasteiger partial charge in [-0.2, -0.15) is 4.99 Å². The van der Waals surface area contributed by atoms with Crippen molar-refractivity contribution in [3.63, 3.8) is 0 Å². The van der Waals surface area contributed by atoms with Crippen molar-refractivity contribution < 1.29 is 9.59 Å². The van der Waals surface area contributed by atoms with Crippen molar-refractivity contribution in [2.45, 2.75) is 44.7 Å². The van der Waals surface area contributed by atoms with E-state index in [0.717, 1.165) is 18.7 Å². The van der Waals surface area contributed by atoms with Crippen molar-refractivity contribution in [3.05, 3.63) is 54.3 Å². The standard InChI is InChI=1S/C22H26N4O2/c1-22(21(28)24-19-10-3-6-13-26(19)22)15-20(27)23-16-17-8-7-9-18(14-17)25-11-4-2-5-12-25/h3,6-10,13-14H,2,4-5,11-12,15-16H2,1H3,(H,23,27). The summed E-state index contributed by atoms with van der Waals surface area (Å²) in [5.74, 6) is 0.164. The van der Waals surface area contributed by atoms with Crippen LogP contribution in [-0.2, 0) is 16.1 Å². The molecule has 1 atom stereocenters. The third-order valence-corrected chi connectivity index (χ3v) is 5.67. The molecule has 1 aromatic carbocycles. The van der Waals surface area contributed by atoms with Crippen molar-refractivity contribution in [3.8, 4) is 0 Å². The number of anilines is 1. The van der Waals surface area contributed by atoms with Crippen LogP contribution in [0.15, 0.2) is 53.7 Å². The second-order valence-electron chi connectivity index (χ2n) is 7.79. The summed E-state index contributed by atoms with van der Waals surface area (Å²) in [5, 5.41) is 2.97. The number of piperidine rings is 1. The third-order valence-electron chi connectivity index (χ3n) is 5.67. The largest absolute Gasteiger partial charge is 0.372 e. The number of benzene rings is 1. The van der Waals surface area contributed by atoms with Crippen LogP contribution >= 0.6 is 0 Å². The van der Waals surface area contributed by atoms with Gasteiger partial charge in [-0.05, 0) is 56.0 Å². The van der Waals surface area contributed by atoms with E-state index >= 15 is 0 Å². The van der Waals surface area contributed by atoms with Crippen molar-refractivity contribution in [1.82, 2.24) is 10.2 Å². The van der Waals surface area contributed by atoms with Crippen LogP contribution in [0.2, 0.25) is 0 Å². The molecular formula is C22H26N4O2. The second-order valence-corrected chi connectivity index (χ2v) is 7.79. The van der Waals surface area contributed by atoms with Crippen molar-refractivity contribution >= 4 is 23.3 Å². The Morgan fingerprint density at radius 2 is 2.04 bits per heavy atom. The lowest BCUT2D eigenvalue weighted by molar-refractivity contribution is -0.131. The smallest absolute Gasteiger partial charge is 0.274 e. The van der Waals surface area contributed by atoms with E-state index in [2.05, 4.69) is 27.3 Å². The zero-order valence-electron chi connectivity index (χ0n) is 16.2. The molecule has 1 aromatic rings. The first kappa shape index (κ1) is 18.5. The molecule has 0 radical (unpaired) electrons. The number of rotatable bonds is 5. The van der Waals surface area contributed by atoms with Gasteiger partial charge in [-0.25, -0.2) is 0 Å². The van der Waals surface area contributed by atoms with E-state index in [1.807, 2.05) is 24.3 Å². The highest BCUT2D eigenvalue weighted by Crippen LogP contribution is 2.30. The molecule has 3 heterocycles. The van der Waals surface area contributed by atoms with Crippen LogP contribution in [-0.4, -0.2) is 41.2 Å². The molecule has 1 saturated heterocycles. The monoisotopic (exact) mass is 378 g/mol. The Balaban J connectivity index is 1.37. The molecule has 1 N–H and O–H groups in total. The molecule has 0 aliphatic carbocycles. The summed E-state index contributed by atoms with van der Waals surface area (Å²) >= 11 is 0. The summed E-state index contributed by atoms with van der Waals surface area (Å²) in [7, 11) is 0. The highest BCUT2D eigenvalue weighted by Gasteiger charge is 2.46. The average Bonchev–Trinajstić information content (AvgIpc) is 2.97. The maximum Gasteiger partial charge on any atom is 0.274 e. The van der Waals surface area contributed by atoms with Crippen LogP contribution in [0, 0.1) is 0 Å². The predicted molar refractivity (Wildman–Crippen MR) is 110 cm³/mol. The number of fused-ring (bicyclic) bond motifs is 1. The minimum absolute atomic E-state index is 0.0723. The van der Waals surface area contributed by atoms with Crippen LogP contribution < -0.4 is 10.2 Å². The van der Waals surface area contributed by atoms with Crippen LogP contribution in [0.3, 0.4) is 0 Å². The second kappa shape index (κ2) is 7.62. The van der Waals surface area contributed by atoms with E-state index in [0.29, 0.717) is 12.4 Å². The Morgan fingerprint density at radius 3 is 2.86 bits per heavy atom. The molecule has 1 fully saturated rings. The fourth-order valence-electron chi connectivity index (χ4n) is 4.02. The lowest BCUT2D eigenvalue weighted by Crippen LogP contribution is -2.49. The van der Waals surface area contributed by atoms with E-state index in [-0.39, 0.29) is 18.2 Å². The summed E-state index contributed by atoms with van der Waals surface area (Å²) in [6.45, 7) is 4.41. The molecule has 28 heavy (non-hydrogen) atoms. The zero-order chi connectivity index (χ0) is 19.6. The first-order valence-electron chi connectivity index (χ1n) is 9.94. The molecule has 0 bridgehead atoms. The van der Waals surface area contributed by atoms with Gasteiger partial charge in [-0.1, -0.05) is 18.2 Å². The number of carbonyl (C=O) groups is 2. The average molecular weight is 378 g/mol.